The lowest BCUT2D eigenvalue weighted by atomic mass is 10.3. The summed E-state index contributed by atoms with van der Waals surface area (Å²) in [5, 5.41) is 10.7. The zero-order chi connectivity index (χ0) is 16.0. The van der Waals surface area contributed by atoms with Crippen LogP contribution in [-0.2, 0) is 16.6 Å². The van der Waals surface area contributed by atoms with E-state index in [9.17, 15) is 19.7 Å². The van der Waals surface area contributed by atoms with Gasteiger partial charge in [0.25, 0.3) is 11.6 Å². The Morgan fingerprint density at radius 1 is 1.57 bits per heavy atom. The van der Waals surface area contributed by atoms with Gasteiger partial charge in [0, 0.05) is 19.7 Å². The van der Waals surface area contributed by atoms with Crippen LogP contribution in [0.1, 0.15) is 17.4 Å². The molecule has 0 atom stereocenters. The molecule has 1 aromatic heterocycles. The van der Waals surface area contributed by atoms with Gasteiger partial charge >= 0.3 is 5.97 Å². The summed E-state index contributed by atoms with van der Waals surface area (Å²) in [5.74, 6) is -1.05. The molecule has 0 saturated heterocycles. The van der Waals surface area contributed by atoms with Gasteiger partial charge in [0.1, 0.15) is 12.2 Å². The van der Waals surface area contributed by atoms with Crippen LogP contribution < -0.4 is 0 Å². The highest BCUT2D eigenvalue weighted by atomic mass is 16.6. The minimum Gasteiger partial charge on any atom is -0.465 e. The Labute approximate surface area is 121 Å². The van der Waals surface area contributed by atoms with Crippen molar-refractivity contribution in [2.75, 3.05) is 19.7 Å². The first kappa shape index (κ1) is 16.4. The standard InChI is InChI=1S/C13H17N3O5/c1-4-6-15(9-12(17)21-5-2)13(18)11-7-10(16(19)20)8-14(11)3/h4,7-8H,1,5-6,9H2,2-3H3. The first-order valence-electron chi connectivity index (χ1n) is 6.27. The minimum absolute atomic E-state index is 0.118. The van der Waals surface area contributed by atoms with Crippen LogP contribution in [0.4, 0.5) is 5.69 Å². The van der Waals surface area contributed by atoms with Gasteiger partial charge in [-0.3, -0.25) is 19.7 Å². The summed E-state index contributed by atoms with van der Waals surface area (Å²) in [6.45, 7) is 5.30. The average molecular weight is 295 g/mol. The van der Waals surface area contributed by atoms with Crippen LogP contribution in [0.3, 0.4) is 0 Å². The smallest absolute Gasteiger partial charge is 0.325 e. The SMILES string of the molecule is C=CCN(CC(=O)OCC)C(=O)c1cc([N+](=O)[O-])cn1C. The van der Waals surface area contributed by atoms with Gasteiger partial charge in [-0.15, -0.1) is 6.58 Å². The van der Waals surface area contributed by atoms with Crippen molar-refractivity contribution in [1.82, 2.24) is 9.47 Å². The molecule has 0 aliphatic heterocycles. The summed E-state index contributed by atoms with van der Waals surface area (Å²) in [7, 11) is 1.52. The summed E-state index contributed by atoms with van der Waals surface area (Å²) < 4.78 is 6.15. The van der Waals surface area contributed by atoms with Gasteiger partial charge < -0.3 is 14.2 Å². The van der Waals surface area contributed by atoms with Crippen molar-refractivity contribution in [3.63, 3.8) is 0 Å². The first-order chi connectivity index (χ1) is 9.90. The average Bonchev–Trinajstić information content (AvgIpc) is 2.80. The highest BCUT2D eigenvalue weighted by Crippen LogP contribution is 2.17. The molecule has 0 aromatic carbocycles. The summed E-state index contributed by atoms with van der Waals surface area (Å²) in [6, 6.07) is 1.17. The molecule has 0 bridgehead atoms. The summed E-state index contributed by atoms with van der Waals surface area (Å²) in [6.07, 6.45) is 2.71. The monoisotopic (exact) mass is 295 g/mol. The van der Waals surface area contributed by atoms with E-state index in [2.05, 4.69) is 6.58 Å². The molecule has 0 spiro atoms. The van der Waals surface area contributed by atoms with Crippen molar-refractivity contribution in [2.24, 2.45) is 7.05 Å². The fraction of sp³-hybridized carbons (Fsp3) is 0.385. The predicted molar refractivity (Wildman–Crippen MR) is 74.8 cm³/mol. The molecular formula is C13H17N3O5. The summed E-state index contributed by atoms with van der Waals surface area (Å²) in [5.41, 5.74) is -0.0663. The van der Waals surface area contributed by atoms with Crippen molar-refractivity contribution in [1.29, 1.82) is 0 Å². The molecule has 8 nitrogen and oxygen atoms in total. The van der Waals surface area contributed by atoms with Gasteiger partial charge in [-0.25, -0.2) is 0 Å². The topological polar surface area (TPSA) is 94.7 Å². The van der Waals surface area contributed by atoms with Crippen LogP contribution in [0.25, 0.3) is 0 Å². The Hall–Kier alpha value is -2.64. The number of amides is 1. The number of nitro groups is 1. The normalized spacial score (nSPS) is 10.0. The zero-order valence-corrected chi connectivity index (χ0v) is 11.9. The Balaban J connectivity index is 2.97. The van der Waals surface area contributed by atoms with E-state index in [1.54, 1.807) is 6.92 Å². The van der Waals surface area contributed by atoms with E-state index in [1.165, 1.54) is 34.9 Å². The molecule has 1 amide bonds. The van der Waals surface area contributed by atoms with Gasteiger partial charge in [0.05, 0.1) is 17.7 Å². The molecule has 1 heterocycles. The molecular weight excluding hydrogens is 278 g/mol. The molecule has 8 heteroatoms. The van der Waals surface area contributed by atoms with E-state index < -0.39 is 16.8 Å². The molecule has 0 radical (unpaired) electrons. The van der Waals surface area contributed by atoms with Gasteiger partial charge in [0.15, 0.2) is 0 Å². The lowest BCUT2D eigenvalue weighted by Crippen LogP contribution is -2.37. The minimum atomic E-state index is -0.583. The van der Waals surface area contributed by atoms with Crippen LogP contribution in [0.5, 0.6) is 0 Å². The second-order valence-corrected chi connectivity index (χ2v) is 4.23. The summed E-state index contributed by atoms with van der Waals surface area (Å²) >= 11 is 0. The largest absolute Gasteiger partial charge is 0.465 e. The van der Waals surface area contributed by atoms with Crippen molar-refractivity contribution in [3.05, 3.63) is 40.7 Å². The molecule has 0 fully saturated rings. The van der Waals surface area contributed by atoms with Crippen molar-refractivity contribution >= 4 is 17.6 Å². The highest BCUT2D eigenvalue weighted by molar-refractivity contribution is 5.95. The number of nitrogens with zero attached hydrogens (tertiary/aromatic N) is 3. The molecule has 0 saturated carbocycles. The van der Waals surface area contributed by atoms with E-state index >= 15 is 0 Å². The van der Waals surface area contributed by atoms with Gasteiger partial charge in [0.2, 0.25) is 0 Å². The predicted octanol–water partition coefficient (Wildman–Crippen LogP) is 1.12. The van der Waals surface area contributed by atoms with Crippen molar-refractivity contribution in [2.45, 2.75) is 6.92 Å². The Morgan fingerprint density at radius 3 is 2.71 bits per heavy atom. The molecule has 1 aromatic rings. The van der Waals surface area contributed by atoms with Crippen LogP contribution in [0, 0.1) is 10.1 Å². The fourth-order valence-electron chi connectivity index (χ4n) is 1.76. The van der Waals surface area contributed by atoms with Gasteiger partial charge in [-0.05, 0) is 6.92 Å². The number of carbonyl (C=O) groups excluding carboxylic acids is 2. The second-order valence-electron chi connectivity index (χ2n) is 4.23. The van der Waals surface area contributed by atoms with Crippen molar-refractivity contribution < 1.29 is 19.2 Å². The van der Waals surface area contributed by atoms with Crippen LogP contribution in [0.15, 0.2) is 24.9 Å². The third kappa shape index (κ3) is 4.16. The Morgan fingerprint density at radius 2 is 2.24 bits per heavy atom. The molecule has 0 N–H and O–H groups in total. The number of rotatable bonds is 7. The summed E-state index contributed by atoms with van der Waals surface area (Å²) in [4.78, 5) is 35.2. The molecule has 114 valence electrons. The fourth-order valence-corrected chi connectivity index (χ4v) is 1.76. The van der Waals surface area contributed by atoms with E-state index in [1.807, 2.05) is 0 Å². The molecule has 1 rings (SSSR count). The highest BCUT2D eigenvalue weighted by Gasteiger charge is 2.23. The van der Waals surface area contributed by atoms with Crippen LogP contribution in [-0.4, -0.2) is 46.0 Å². The lowest BCUT2D eigenvalue weighted by Gasteiger charge is -2.20. The number of carbonyl (C=O) groups is 2. The maximum atomic E-state index is 12.4. The molecule has 21 heavy (non-hydrogen) atoms. The van der Waals surface area contributed by atoms with E-state index in [4.69, 9.17) is 4.74 Å². The Kier molecular flexibility index (Phi) is 5.65. The van der Waals surface area contributed by atoms with Crippen LogP contribution in [0.2, 0.25) is 0 Å². The molecule has 0 unspecified atom stereocenters. The number of hydrogen-bond donors (Lipinski definition) is 0. The Bertz CT molecular complexity index is 564. The number of aromatic nitrogens is 1. The second kappa shape index (κ2) is 7.22. The third-order valence-corrected chi connectivity index (χ3v) is 2.68. The first-order valence-corrected chi connectivity index (χ1v) is 6.27. The lowest BCUT2D eigenvalue weighted by molar-refractivity contribution is -0.384. The zero-order valence-electron chi connectivity index (χ0n) is 11.9. The third-order valence-electron chi connectivity index (χ3n) is 2.68. The van der Waals surface area contributed by atoms with Crippen LogP contribution >= 0.6 is 0 Å². The van der Waals surface area contributed by atoms with E-state index in [0.717, 1.165) is 0 Å². The maximum absolute atomic E-state index is 12.4. The van der Waals surface area contributed by atoms with Crippen molar-refractivity contribution in [3.8, 4) is 0 Å². The maximum Gasteiger partial charge on any atom is 0.325 e. The molecule has 0 aliphatic rings. The van der Waals surface area contributed by atoms with Gasteiger partial charge in [-0.1, -0.05) is 6.08 Å². The van der Waals surface area contributed by atoms with Gasteiger partial charge in [-0.2, -0.15) is 0 Å². The number of esters is 1. The van der Waals surface area contributed by atoms with E-state index in [-0.39, 0.29) is 31.1 Å². The van der Waals surface area contributed by atoms with E-state index in [0.29, 0.717) is 0 Å². The number of hydrogen-bond acceptors (Lipinski definition) is 5. The number of ether oxygens (including phenoxy) is 1. The quantitative estimate of drug-likeness (QED) is 0.325. The molecule has 0 aliphatic carbocycles. The number of aryl methyl sites for hydroxylation is 1.